The first-order valence-electron chi connectivity index (χ1n) is 6.04. The van der Waals surface area contributed by atoms with Gasteiger partial charge >= 0.3 is 0 Å². The molecule has 17 heavy (non-hydrogen) atoms. The van der Waals surface area contributed by atoms with E-state index in [0.29, 0.717) is 0 Å². The maximum atomic E-state index is 12.0. The largest absolute Gasteiger partial charge is 0.347 e. The molecule has 0 aliphatic carbocycles. The van der Waals surface area contributed by atoms with Crippen LogP contribution in [-0.4, -0.2) is 18.0 Å². The van der Waals surface area contributed by atoms with Gasteiger partial charge in [0, 0.05) is 17.6 Å². The van der Waals surface area contributed by atoms with Gasteiger partial charge in [-0.2, -0.15) is 0 Å². The maximum Gasteiger partial charge on any atom is 0.251 e. The minimum Gasteiger partial charge on any atom is -0.347 e. The molecule has 0 spiro atoms. The van der Waals surface area contributed by atoms with Crippen LogP contribution in [0.25, 0.3) is 0 Å². The molecule has 1 aromatic carbocycles. The van der Waals surface area contributed by atoms with Crippen LogP contribution in [0.4, 0.5) is 0 Å². The molecular formula is C14H22N2O. The molecule has 0 fully saturated rings. The Labute approximate surface area is 104 Å². The summed E-state index contributed by atoms with van der Waals surface area (Å²) >= 11 is 0. The van der Waals surface area contributed by atoms with E-state index in [9.17, 15) is 4.79 Å². The SMILES string of the molecule is CCNCc1cccc(C(=O)NC(C)(C)C)c1. The first-order chi connectivity index (χ1) is 7.92. The van der Waals surface area contributed by atoms with Crippen LogP contribution in [-0.2, 0) is 6.54 Å². The molecule has 0 saturated heterocycles. The van der Waals surface area contributed by atoms with E-state index in [1.807, 2.05) is 45.0 Å². The van der Waals surface area contributed by atoms with Gasteiger partial charge < -0.3 is 10.6 Å². The smallest absolute Gasteiger partial charge is 0.251 e. The summed E-state index contributed by atoms with van der Waals surface area (Å²) in [6.45, 7) is 9.73. The van der Waals surface area contributed by atoms with Gasteiger partial charge in [-0.15, -0.1) is 0 Å². The fraction of sp³-hybridized carbons (Fsp3) is 0.500. The summed E-state index contributed by atoms with van der Waals surface area (Å²) in [5.41, 5.74) is 1.65. The highest BCUT2D eigenvalue weighted by Crippen LogP contribution is 2.07. The van der Waals surface area contributed by atoms with Crippen LogP contribution in [0.1, 0.15) is 43.6 Å². The van der Waals surface area contributed by atoms with Crippen molar-refractivity contribution in [2.75, 3.05) is 6.54 Å². The van der Waals surface area contributed by atoms with Crippen LogP contribution in [0.3, 0.4) is 0 Å². The fourth-order valence-corrected chi connectivity index (χ4v) is 1.50. The summed E-state index contributed by atoms with van der Waals surface area (Å²) in [5.74, 6) is -0.0177. The molecule has 94 valence electrons. The van der Waals surface area contributed by atoms with E-state index < -0.39 is 0 Å². The molecule has 0 atom stereocenters. The van der Waals surface area contributed by atoms with Crippen LogP contribution >= 0.6 is 0 Å². The Kier molecular flexibility index (Phi) is 4.70. The zero-order chi connectivity index (χ0) is 12.9. The molecule has 1 amide bonds. The molecule has 1 aromatic rings. The van der Waals surface area contributed by atoms with Gasteiger partial charge in [0.2, 0.25) is 0 Å². The van der Waals surface area contributed by atoms with E-state index in [4.69, 9.17) is 0 Å². The zero-order valence-corrected chi connectivity index (χ0v) is 11.1. The van der Waals surface area contributed by atoms with E-state index in [2.05, 4.69) is 17.6 Å². The number of rotatable bonds is 4. The van der Waals surface area contributed by atoms with Gasteiger partial charge in [-0.05, 0) is 45.0 Å². The van der Waals surface area contributed by atoms with E-state index in [1.165, 1.54) is 0 Å². The van der Waals surface area contributed by atoms with E-state index in [0.717, 1.165) is 24.2 Å². The van der Waals surface area contributed by atoms with Crippen molar-refractivity contribution in [3.05, 3.63) is 35.4 Å². The normalized spacial score (nSPS) is 11.3. The Bertz CT molecular complexity index is 380. The van der Waals surface area contributed by atoms with Gasteiger partial charge in [-0.25, -0.2) is 0 Å². The van der Waals surface area contributed by atoms with Gasteiger partial charge in [0.15, 0.2) is 0 Å². The molecule has 3 heteroatoms. The summed E-state index contributed by atoms with van der Waals surface area (Å²) in [5, 5.41) is 6.21. The lowest BCUT2D eigenvalue weighted by Gasteiger charge is -2.20. The van der Waals surface area contributed by atoms with Crippen molar-refractivity contribution in [2.24, 2.45) is 0 Å². The second-order valence-corrected chi connectivity index (χ2v) is 5.18. The van der Waals surface area contributed by atoms with Crippen LogP contribution < -0.4 is 10.6 Å². The zero-order valence-electron chi connectivity index (χ0n) is 11.1. The number of benzene rings is 1. The van der Waals surface area contributed by atoms with E-state index in [-0.39, 0.29) is 11.4 Å². The van der Waals surface area contributed by atoms with Crippen LogP contribution in [0, 0.1) is 0 Å². The monoisotopic (exact) mass is 234 g/mol. The molecule has 0 heterocycles. The number of hydrogen-bond acceptors (Lipinski definition) is 2. The van der Waals surface area contributed by atoms with Crippen LogP contribution in [0.5, 0.6) is 0 Å². The third-order valence-electron chi connectivity index (χ3n) is 2.26. The van der Waals surface area contributed by atoms with E-state index in [1.54, 1.807) is 0 Å². The quantitative estimate of drug-likeness (QED) is 0.839. The second-order valence-electron chi connectivity index (χ2n) is 5.18. The Morgan fingerprint density at radius 2 is 2.00 bits per heavy atom. The van der Waals surface area contributed by atoms with Gasteiger partial charge in [0.05, 0.1) is 0 Å². The third kappa shape index (κ3) is 5.00. The predicted molar refractivity (Wildman–Crippen MR) is 71.0 cm³/mol. The summed E-state index contributed by atoms with van der Waals surface area (Å²) in [6, 6.07) is 7.72. The fourth-order valence-electron chi connectivity index (χ4n) is 1.50. The minimum atomic E-state index is -0.200. The Balaban J connectivity index is 2.74. The number of nitrogens with one attached hydrogen (secondary N) is 2. The molecule has 1 rings (SSSR count). The lowest BCUT2D eigenvalue weighted by atomic mass is 10.1. The molecular weight excluding hydrogens is 212 g/mol. The molecule has 0 bridgehead atoms. The summed E-state index contributed by atoms with van der Waals surface area (Å²) < 4.78 is 0. The molecule has 0 radical (unpaired) electrons. The first kappa shape index (κ1) is 13.7. The molecule has 0 aliphatic heterocycles. The van der Waals surface area contributed by atoms with Crippen molar-refractivity contribution in [1.82, 2.24) is 10.6 Å². The Hall–Kier alpha value is -1.35. The van der Waals surface area contributed by atoms with Crippen LogP contribution in [0.15, 0.2) is 24.3 Å². The van der Waals surface area contributed by atoms with Crippen molar-refractivity contribution in [3.8, 4) is 0 Å². The number of hydrogen-bond donors (Lipinski definition) is 2. The predicted octanol–water partition coefficient (Wildman–Crippen LogP) is 2.32. The highest BCUT2D eigenvalue weighted by Gasteiger charge is 2.15. The van der Waals surface area contributed by atoms with Crippen LogP contribution in [0.2, 0.25) is 0 Å². The summed E-state index contributed by atoms with van der Waals surface area (Å²) in [4.78, 5) is 12.0. The van der Waals surface area contributed by atoms with Gasteiger partial charge in [0.1, 0.15) is 0 Å². The average molecular weight is 234 g/mol. The highest BCUT2D eigenvalue weighted by atomic mass is 16.1. The Morgan fingerprint density at radius 3 is 2.59 bits per heavy atom. The molecule has 0 aliphatic rings. The molecule has 0 saturated carbocycles. The van der Waals surface area contributed by atoms with Crippen molar-refractivity contribution in [1.29, 1.82) is 0 Å². The minimum absolute atomic E-state index is 0.0177. The average Bonchev–Trinajstić information content (AvgIpc) is 2.24. The molecule has 0 unspecified atom stereocenters. The van der Waals surface area contributed by atoms with Gasteiger partial charge in [-0.1, -0.05) is 19.1 Å². The lowest BCUT2D eigenvalue weighted by molar-refractivity contribution is 0.0919. The molecule has 3 nitrogen and oxygen atoms in total. The van der Waals surface area contributed by atoms with Gasteiger partial charge in [0.25, 0.3) is 5.91 Å². The second kappa shape index (κ2) is 5.82. The lowest BCUT2D eigenvalue weighted by Crippen LogP contribution is -2.40. The number of carbonyl (C=O) groups excluding carboxylic acids is 1. The summed E-state index contributed by atoms with van der Waals surface area (Å²) in [7, 11) is 0. The number of carbonyl (C=O) groups is 1. The third-order valence-corrected chi connectivity index (χ3v) is 2.26. The Morgan fingerprint density at radius 1 is 1.29 bits per heavy atom. The van der Waals surface area contributed by atoms with Crippen molar-refractivity contribution in [3.63, 3.8) is 0 Å². The topological polar surface area (TPSA) is 41.1 Å². The maximum absolute atomic E-state index is 12.0. The standard InChI is InChI=1S/C14H22N2O/c1-5-15-10-11-7-6-8-12(9-11)13(17)16-14(2,3)4/h6-9,15H,5,10H2,1-4H3,(H,16,17). The van der Waals surface area contributed by atoms with Crippen molar-refractivity contribution in [2.45, 2.75) is 39.8 Å². The van der Waals surface area contributed by atoms with E-state index >= 15 is 0 Å². The summed E-state index contributed by atoms with van der Waals surface area (Å²) in [6.07, 6.45) is 0. The molecule has 0 aromatic heterocycles. The highest BCUT2D eigenvalue weighted by molar-refractivity contribution is 5.94. The number of amides is 1. The van der Waals surface area contributed by atoms with Crippen molar-refractivity contribution < 1.29 is 4.79 Å². The van der Waals surface area contributed by atoms with Gasteiger partial charge in [-0.3, -0.25) is 4.79 Å². The van der Waals surface area contributed by atoms with Crippen molar-refractivity contribution >= 4 is 5.91 Å². The molecule has 2 N–H and O–H groups in total. The first-order valence-corrected chi connectivity index (χ1v) is 6.04.